The molecule has 3 N–H and O–H groups in total. The van der Waals surface area contributed by atoms with Crippen LogP contribution in [0.1, 0.15) is 43.0 Å². The SMILES string of the molecule is Cc1nnc(NCC2(C)CCC2)c(C(N)=S)c1C. The lowest BCUT2D eigenvalue weighted by molar-refractivity contribution is 0.179. The van der Waals surface area contributed by atoms with Crippen molar-refractivity contribution < 1.29 is 0 Å². The van der Waals surface area contributed by atoms with E-state index in [1.165, 1.54) is 19.3 Å². The second-order valence-corrected chi connectivity index (χ2v) is 5.96. The first-order chi connectivity index (χ1) is 8.43. The maximum Gasteiger partial charge on any atom is 0.159 e. The molecule has 1 heterocycles. The molecule has 0 atom stereocenters. The number of anilines is 1. The number of thiocarbonyl (C=S) groups is 1. The van der Waals surface area contributed by atoms with Gasteiger partial charge < -0.3 is 11.1 Å². The Kier molecular flexibility index (Phi) is 3.52. The lowest BCUT2D eigenvalue weighted by Crippen LogP contribution is -2.34. The Hall–Kier alpha value is -1.23. The Balaban J connectivity index is 2.21. The lowest BCUT2D eigenvalue weighted by atomic mass is 9.70. The van der Waals surface area contributed by atoms with Crippen molar-refractivity contribution in [2.75, 3.05) is 11.9 Å². The van der Waals surface area contributed by atoms with E-state index < -0.39 is 0 Å². The predicted octanol–water partition coefficient (Wildman–Crippen LogP) is 2.33. The van der Waals surface area contributed by atoms with Crippen molar-refractivity contribution in [3.05, 3.63) is 16.8 Å². The second-order valence-electron chi connectivity index (χ2n) is 5.52. The molecule has 1 aromatic rings. The average Bonchev–Trinajstić information content (AvgIpc) is 2.27. The van der Waals surface area contributed by atoms with E-state index in [-0.39, 0.29) is 0 Å². The standard InChI is InChI=1S/C13H20N4S/c1-8-9(2)16-17-12(10(8)11(14)18)15-7-13(3)5-4-6-13/h4-7H2,1-3H3,(H2,14,18)(H,15,17). The number of rotatable bonds is 4. The minimum atomic E-state index is 0.381. The highest BCUT2D eigenvalue weighted by atomic mass is 32.1. The lowest BCUT2D eigenvalue weighted by Gasteiger charge is -2.38. The number of hydrogen-bond acceptors (Lipinski definition) is 4. The summed E-state index contributed by atoms with van der Waals surface area (Å²) in [5, 5.41) is 11.7. The smallest absolute Gasteiger partial charge is 0.159 e. The van der Waals surface area contributed by atoms with Crippen molar-refractivity contribution in [2.45, 2.75) is 40.0 Å². The minimum absolute atomic E-state index is 0.381. The first kappa shape index (κ1) is 13.2. The molecule has 98 valence electrons. The van der Waals surface area contributed by atoms with Crippen LogP contribution < -0.4 is 11.1 Å². The van der Waals surface area contributed by atoms with Gasteiger partial charge in [-0.15, -0.1) is 5.10 Å². The van der Waals surface area contributed by atoms with Crippen LogP contribution in [0.25, 0.3) is 0 Å². The van der Waals surface area contributed by atoms with Crippen molar-refractivity contribution >= 4 is 23.0 Å². The molecular weight excluding hydrogens is 244 g/mol. The molecule has 0 aromatic carbocycles. The van der Waals surface area contributed by atoms with Gasteiger partial charge in [0.15, 0.2) is 5.82 Å². The first-order valence-corrected chi connectivity index (χ1v) is 6.71. The third kappa shape index (κ3) is 2.46. The van der Waals surface area contributed by atoms with Crippen molar-refractivity contribution in [3.8, 4) is 0 Å². The van der Waals surface area contributed by atoms with Crippen LogP contribution in [0, 0.1) is 19.3 Å². The van der Waals surface area contributed by atoms with E-state index in [1.54, 1.807) is 0 Å². The van der Waals surface area contributed by atoms with Gasteiger partial charge in [-0.2, -0.15) is 5.10 Å². The molecule has 1 fully saturated rings. The molecule has 1 aliphatic carbocycles. The number of nitrogens with two attached hydrogens (primary N) is 1. The van der Waals surface area contributed by atoms with E-state index in [2.05, 4.69) is 22.4 Å². The van der Waals surface area contributed by atoms with Crippen molar-refractivity contribution in [1.82, 2.24) is 10.2 Å². The number of nitrogens with one attached hydrogen (secondary N) is 1. The summed E-state index contributed by atoms with van der Waals surface area (Å²) in [6.45, 7) is 7.09. The normalized spacial score (nSPS) is 17.1. The van der Waals surface area contributed by atoms with E-state index in [1.807, 2.05) is 13.8 Å². The summed E-state index contributed by atoms with van der Waals surface area (Å²) in [6, 6.07) is 0. The molecule has 0 aliphatic heterocycles. The molecule has 1 aliphatic rings. The molecule has 5 heteroatoms. The molecule has 0 radical (unpaired) electrons. The highest BCUT2D eigenvalue weighted by Gasteiger charge is 2.31. The topological polar surface area (TPSA) is 63.8 Å². The Morgan fingerprint density at radius 1 is 1.39 bits per heavy atom. The van der Waals surface area contributed by atoms with Gasteiger partial charge in [0, 0.05) is 6.54 Å². The van der Waals surface area contributed by atoms with Gasteiger partial charge in [-0.3, -0.25) is 0 Å². The van der Waals surface area contributed by atoms with Crippen molar-refractivity contribution in [1.29, 1.82) is 0 Å². The van der Waals surface area contributed by atoms with E-state index >= 15 is 0 Å². The summed E-state index contributed by atoms with van der Waals surface area (Å²) in [7, 11) is 0. The van der Waals surface area contributed by atoms with Crippen LogP contribution >= 0.6 is 12.2 Å². The minimum Gasteiger partial charge on any atom is -0.389 e. The molecule has 2 rings (SSSR count). The zero-order valence-electron chi connectivity index (χ0n) is 11.2. The Labute approximate surface area is 113 Å². The second kappa shape index (κ2) is 4.80. The zero-order valence-corrected chi connectivity index (χ0v) is 12.0. The largest absolute Gasteiger partial charge is 0.389 e. The average molecular weight is 264 g/mol. The van der Waals surface area contributed by atoms with Crippen molar-refractivity contribution in [3.63, 3.8) is 0 Å². The van der Waals surface area contributed by atoms with Gasteiger partial charge in [-0.05, 0) is 37.7 Å². The molecule has 1 aromatic heterocycles. The maximum atomic E-state index is 5.79. The molecule has 0 spiro atoms. The highest BCUT2D eigenvalue weighted by Crippen LogP contribution is 2.40. The zero-order chi connectivity index (χ0) is 13.3. The fraction of sp³-hybridized carbons (Fsp3) is 0.615. The third-order valence-electron chi connectivity index (χ3n) is 3.94. The highest BCUT2D eigenvalue weighted by molar-refractivity contribution is 7.80. The molecule has 1 saturated carbocycles. The maximum absolute atomic E-state index is 5.79. The molecule has 0 unspecified atom stereocenters. The Morgan fingerprint density at radius 2 is 2.06 bits per heavy atom. The van der Waals surface area contributed by atoms with Gasteiger partial charge >= 0.3 is 0 Å². The molecular formula is C13H20N4S. The van der Waals surface area contributed by atoms with Crippen LogP contribution in [0.5, 0.6) is 0 Å². The summed E-state index contributed by atoms with van der Waals surface area (Å²) in [4.78, 5) is 0.381. The van der Waals surface area contributed by atoms with E-state index in [4.69, 9.17) is 18.0 Å². The van der Waals surface area contributed by atoms with Crippen molar-refractivity contribution in [2.24, 2.45) is 11.1 Å². The summed E-state index contributed by atoms with van der Waals surface area (Å²) >= 11 is 5.12. The first-order valence-electron chi connectivity index (χ1n) is 6.30. The van der Waals surface area contributed by atoms with Crippen LogP contribution in [-0.2, 0) is 0 Å². The van der Waals surface area contributed by atoms with Gasteiger partial charge in [0.05, 0.1) is 11.3 Å². The van der Waals surface area contributed by atoms with Crippen LogP contribution in [-0.4, -0.2) is 21.7 Å². The molecule has 4 nitrogen and oxygen atoms in total. The van der Waals surface area contributed by atoms with Crippen LogP contribution in [0.4, 0.5) is 5.82 Å². The molecule has 0 saturated heterocycles. The van der Waals surface area contributed by atoms with Crippen LogP contribution in [0.15, 0.2) is 0 Å². The van der Waals surface area contributed by atoms with Crippen LogP contribution in [0.2, 0.25) is 0 Å². The quantitative estimate of drug-likeness (QED) is 0.817. The number of nitrogens with zero attached hydrogens (tertiary/aromatic N) is 2. The Bertz CT molecular complexity index is 480. The van der Waals surface area contributed by atoms with Gasteiger partial charge in [-0.25, -0.2) is 0 Å². The summed E-state index contributed by atoms with van der Waals surface area (Å²) in [5.41, 5.74) is 8.90. The fourth-order valence-corrected chi connectivity index (χ4v) is 2.54. The van der Waals surface area contributed by atoms with Gasteiger partial charge in [-0.1, -0.05) is 25.6 Å². The molecule has 0 amide bonds. The van der Waals surface area contributed by atoms with Gasteiger partial charge in [0.25, 0.3) is 0 Å². The Morgan fingerprint density at radius 3 is 2.56 bits per heavy atom. The predicted molar refractivity (Wildman–Crippen MR) is 77.8 cm³/mol. The molecule has 18 heavy (non-hydrogen) atoms. The van der Waals surface area contributed by atoms with E-state index in [9.17, 15) is 0 Å². The summed E-state index contributed by atoms with van der Waals surface area (Å²) in [6.07, 6.45) is 3.85. The fourth-order valence-electron chi connectivity index (χ4n) is 2.29. The third-order valence-corrected chi connectivity index (χ3v) is 4.15. The summed E-state index contributed by atoms with van der Waals surface area (Å²) in [5.74, 6) is 0.721. The van der Waals surface area contributed by atoms with Gasteiger partial charge in [0.2, 0.25) is 0 Å². The van der Waals surface area contributed by atoms with Crippen LogP contribution in [0.3, 0.4) is 0 Å². The number of hydrogen-bond donors (Lipinski definition) is 2. The van der Waals surface area contributed by atoms with E-state index in [0.717, 1.165) is 29.2 Å². The summed E-state index contributed by atoms with van der Waals surface area (Å²) < 4.78 is 0. The monoisotopic (exact) mass is 264 g/mol. The van der Waals surface area contributed by atoms with Gasteiger partial charge in [0.1, 0.15) is 4.99 Å². The molecule has 0 bridgehead atoms. The van der Waals surface area contributed by atoms with E-state index in [0.29, 0.717) is 10.4 Å². The number of aryl methyl sites for hydroxylation is 1. The number of aromatic nitrogens is 2.